The number of pyridine rings is 1. The molecule has 0 aliphatic carbocycles. The van der Waals surface area contributed by atoms with Crippen molar-refractivity contribution in [3.05, 3.63) is 66.2 Å². The predicted octanol–water partition coefficient (Wildman–Crippen LogP) is 1.21. The second kappa shape index (κ2) is 6.56. The molecule has 0 saturated carbocycles. The summed E-state index contributed by atoms with van der Waals surface area (Å²) in [6, 6.07) is 10.6. The fraction of sp³-hybridized carbons (Fsp3) is 0.0667. The van der Waals surface area contributed by atoms with Gasteiger partial charge in [-0.25, -0.2) is 10.1 Å². The average Bonchev–Trinajstić information content (AvgIpc) is 3.15. The van der Waals surface area contributed by atoms with E-state index < -0.39 is 0 Å². The summed E-state index contributed by atoms with van der Waals surface area (Å²) in [5.41, 5.74) is 5.31. The van der Waals surface area contributed by atoms with Crippen molar-refractivity contribution in [1.82, 2.24) is 30.6 Å². The summed E-state index contributed by atoms with van der Waals surface area (Å²) in [6.45, 7) is 1.80. The van der Waals surface area contributed by atoms with E-state index in [1.165, 1.54) is 11.0 Å². The molecule has 3 aromatic rings. The molecule has 114 valence electrons. The Balaban J connectivity index is 1.69. The first-order chi connectivity index (χ1) is 11.2. The Morgan fingerprint density at radius 3 is 2.65 bits per heavy atom. The molecule has 8 nitrogen and oxygen atoms in total. The Kier molecular flexibility index (Phi) is 4.14. The van der Waals surface area contributed by atoms with Crippen molar-refractivity contribution in [2.75, 3.05) is 0 Å². The second-order valence-electron chi connectivity index (χ2n) is 4.68. The van der Waals surface area contributed by atoms with Gasteiger partial charge < -0.3 is 0 Å². The van der Waals surface area contributed by atoms with Crippen molar-refractivity contribution in [3.63, 3.8) is 0 Å². The minimum absolute atomic E-state index is 0.295. The number of carbonyl (C=O) groups is 1. The lowest BCUT2D eigenvalue weighted by Gasteiger charge is -2.04. The van der Waals surface area contributed by atoms with Gasteiger partial charge >= 0.3 is 0 Å². The number of rotatable bonds is 4. The van der Waals surface area contributed by atoms with Crippen LogP contribution >= 0.6 is 0 Å². The minimum Gasteiger partial charge on any atom is -0.267 e. The van der Waals surface area contributed by atoms with Crippen LogP contribution in [0.4, 0.5) is 0 Å². The van der Waals surface area contributed by atoms with E-state index in [0.717, 1.165) is 11.3 Å². The van der Waals surface area contributed by atoms with Gasteiger partial charge in [0, 0.05) is 23.5 Å². The van der Waals surface area contributed by atoms with E-state index in [9.17, 15) is 4.79 Å². The van der Waals surface area contributed by atoms with Gasteiger partial charge in [0.1, 0.15) is 6.33 Å². The fourth-order valence-electron chi connectivity index (χ4n) is 1.89. The van der Waals surface area contributed by atoms with Crippen LogP contribution in [0, 0.1) is 0 Å². The average molecular weight is 307 g/mol. The zero-order valence-corrected chi connectivity index (χ0v) is 12.3. The Labute approximate surface area is 131 Å². The van der Waals surface area contributed by atoms with Crippen molar-refractivity contribution in [2.45, 2.75) is 6.92 Å². The van der Waals surface area contributed by atoms with Gasteiger partial charge in [-0.15, -0.1) is 5.10 Å². The van der Waals surface area contributed by atoms with Crippen LogP contribution in [0.3, 0.4) is 0 Å². The van der Waals surface area contributed by atoms with E-state index >= 15 is 0 Å². The number of nitrogens with zero attached hydrogens (tertiary/aromatic N) is 6. The van der Waals surface area contributed by atoms with Crippen LogP contribution in [0.2, 0.25) is 0 Å². The van der Waals surface area contributed by atoms with Crippen LogP contribution < -0.4 is 5.43 Å². The standard InChI is InChI=1S/C15H13N7O/c1-11(13-3-2-8-16-9-13)18-19-15(23)12-4-6-14(7-5-12)22-10-17-20-21-22/h2-10H,1H3,(H,19,23)/b18-11+. The molecule has 0 unspecified atom stereocenters. The van der Waals surface area contributed by atoms with Gasteiger partial charge in [0.25, 0.3) is 5.91 Å². The van der Waals surface area contributed by atoms with Gasteiger partial charge in [-0.3, -0.25) is 9.78 Å². The van der Waals surface area contributed by atoms with Crippen LogP contribution in [-0.2, 0) is 0 Å². The van der Waals surface area contributed by atoms with E-state index in [1.54, 1.807) is 43.6 Å². The Morgan fingerprint density at radius 2 is 2.00 bits per heavy atom. The number of tetrazole rings is 1. The largest absolute Gasteiger partial charge is 0.271 e. The van der Waals surface area contributed by atoms with E-state index in [2.05, 4.69) is 31.0 Å². The maximum Gasteiger partial charge on any atom is 0.271 e. The number of carbonyl (C=O) groups excluding carboxylic acids is 1. The molecule has 1 aromatic carbocycles. The number of benzene rings is 1. The summed E-state index contributed by atoms with van der Waals surface area (Å²) in [6.07, 6.45) is 4.85. The molecule has 1 N–H and O–H groups in total. The number of aromatic nitrogens is 5. The third-order valence-electron chi connectivity index (χ3n) is 3.15. The molecule has 0 fully saturated rings. The molecule has 0 spiro atoms. The number of nitrogens with one attached hydrogen (secondary N) is 1. The van der Waals surface area contributed by atoms with Crippen molar-refractivity contribution in [2.24, 2.45) is 5.10 Å². The number of hydrogen-bond donors (Lipinski definition) is 1. The quantitative estimate of drug-likeness (QED) is 0.577. The van der Waals surface area contributed by atoms with Gasteiger partial charge in [-0.05, 0) is 47.7 Å². The lowest BCUT2D eigenvalue weighted by atomic mass is 10.2. The molecule has 2 aromatic heterocycles. The predicted molar refractivity (Wildman–Crippen MR) is 83.1 cm³/mol. The van der Waals surface area contributed by atoms with Crippen molar-refractivity contribution < 1.29 is 4.79 Å². The van der Waals surface area contributed by atoms with E-state index in [-0.39, 0.29) is 5.91 Å². The van der Waals surface area contributed by atoms with E-state index in [0.29, 0.717) is 11.3 Å². The zero-order chi connectivity index (χ0) is 16.1. The van der Waals surface area contributed by atoms with Crippen LogP contribution in [0.25, 0.3) is 5.69 Å². The first-order valence-corrected chi connectivity index (χ1v) is 6.82. The highest BCUT2D eigenvalue weighted by molar-refractivity contribution is 6.00. The summed E-state index contributed by atoms with van der Waals surface area (Å²) in [4.78, 5) is 16.1. The minimum atomic E-state index is -0.295. The topological polar surface area (TPSA) is 98.0 Å². The zero-order valence-electron chi connectivity index (χ0n) is 12.3. The smallest absolute Gasteiger partial charge is 0.267 e. The maximum absolute atomic E-state index is 12.1. The third kappa shape index (κ3) is 3.43. The maximum atomic E-state index is 12.1. The Hall–Kier alpha value is -3.42. The van der Waals surface area contributed by atoms with Gasteiger partial charge in [-0.2, -0.15) is 5.10 Å². The summed E-state index contributed by atoms with van der Waals surface area (Å²) in [5.74, 6) is -0.295. The molecule has 0 bridgehead atoms. The second-order valence-corrected chi connectivity index (χ2v) is 4.68. The van der Waals surface area contributed by atoms with E-state index in [4.69, 9.17) is 0 Å². The number of amides is 1. The van der Waals surface area contributed by atoms with Crippen LogP contribution in [0.15, 0.2) is 60.2 Å². The molecule has 2 heterocycles. The summed E-state index contributed by atoms with van der Waals surface area (Å²) >= 11 is 0. The summed E-state index contributed by atoms with van der Waals surface area (Å²) in [5, 5.41) is 15.0. The third-order valence-corrected chi connectivity index (χ3v) is 3.15. The molecular weight excluding hydrogens is 294 g/mol. The molecule has 1 amide bonds. The molecule has 3 rings (SSSR count). The van der Waals surface area contributed by atoms with Gasteiger partial charge in [0.05, 0.1) is 11.4 Å². The van der Waals surface area contributed by atoms with Gasteiger partial charge in [0.15, 0.2) is 0 Å². The van der Waals surface area contributed by atoms with Crippen LogP contribution in [0.5, 0.6) is 0 Å². The van der Waals surface area contributed by atoms with Crippen molar-refractivity contribution >= 4 is 11.6 Å². The van der Waals surface area contributed by atoms with Crippen molar-refractivity contribution in [1.29, 1.82) is 0 Å². The molecule has 8 heteroatoms. The first kappa shape index (κ1) is 14.5. The molecule has 0 saturated heterocycles. The molecule has 0 aliphatic heterocycles. The highest BCUT2D eigenvalue weighted by Crippen LogP contribution is 2.07. The normalized spacial score (nSPS) is 11.3. The first-order valence-electron chi connectivity index (χ1n) is 6.82. The Morgan fingerprint density at radius 1 is 1.17 bits per heavy atom. The summed E-state index contributed by atoms with van der Waals surface area (Å²) in [7, 11) is 0. The van der Waals surface area contributed by atoms with E-state index in [1.807, 2.05) is 12.1 Å². The molecular formula is C15H13N7O. The van der Waals surface area contributed by atoms with Gasteiger partial charge in [0.2, 0.25) is 0 Å². The number of hydrogen-bond acceptors (Lipinski definition) is 6. The molecule has 0 radical (unpaired) electrons. The highest BCUT2D eigenvalue weighted by Gasteiger charge is 2.06. The molecule has 23 heavy (non-hydrogen) atoms. The highest BCUT2D eigenvalue weighted by atomic mass is 16.2. The molecule has 0 aliphatic rings. The Bertz CT molecular complexity index is 811. The fourth-order valence-corrected chi connectivity index (χ4v) is 1.89. The van der Waals surface area contributed by atoms with Crippen molar-refractivity contribution in [3.8, 4) is 5.69 Å². The van der Waals surface area contributed by atoms with Crippen LogP contribution in [0.1, 0.15) is 22.8 Å². The lowest BCUT2D eigenvalue weighted by molar-refractivity contribution is 0.0955. The number of hydrazone groups is 1. The summed E-state index contributed by atoms with van der Waals surface area (Å²) < 4.78 is 1.51. The van der Waals surface area contributed by atoms with Crippen LogP contribution in [-0.4, -0.2) is 36.8 Å². The molecule has 0 atom stereocenters. The lowest BCUT2D eigenvalue weighted by Crippen LogP contribution is -2.19. The van der Waals surface area contributed by atoms with Gasteiger partial charge in [-0.1, -0.05) is 6.07 Å². The monoisotopic (exact) mass is 307 g/mol. The SMILES string of the molecule is C/C(=N\NC(=O)c1ccc(-n2cnnn2)cc1)c1cccnc1.